The zero-order valence-electron chi connectivity index (χ0n) is 9.23. The lowest BCUT2D eigenvalue weighted by atomic mass is 10.1. The number of aryl methyl sites for hydroxylation is 2. The van der Waals surface area contributed by atoms with Crippen molar-refractivity contribution in [1.82, 2.24) is 0 Å². The van der Waals surface area contributed by atoms with Crippen molar-refractivity contribution in [2.45, 2.75) is 33.2 Å². The quantitative estimate of drug-likeness (QED) is 0.804. The van der Waals surface area contributed by atoms with Gasteiger partial charge in [-0.15, -0.1) is 4.52 Å². The van der Waals surface area contributed by atoms with Crippen LogP contribution in [0.15, 0.2) is 18.2 Å². The maximum atomic E-state index is 11.2. The van der Waals surface area contributed by atoms with E-state index in [1.165, 1.54) is 6.92 Å². The van der Waals surface area contributed by atoms with E-state index in [9.17, 15) is 4.57 Å². The molecule has 1 aromatic rings. The highest BCUT2D eigenvalue weighted by atomic mass is 31.1. The van der Waals surface area contributed by atoms with Gasteiger partial charge in [0.05, 0.1) is 0 Å². The summed E-state index contributed by atoms with van der Waals surface area (Å²) < 4.78 is 16.2. The predicted octanol–water partition coefficient (Wildman–Crippen LogP) is 2.90. The molecule has 82 valence electrons. The molecule has 0 spiro atoms. The van der Waals surface area contributed by atoms with Crippen molar-refractivity contribution in [2.24, 2.45) is 0 Å². The molecule has 0 fully saturated rings. The van der Waals surface area contributed by atoms with Crippen LogP contribution >= 0.6 is 8.03 Å². The highest BCUT2D eigenvalue weighted by molar-refractivity contribution is 7.39. The first-order valence-electron chi connectivity index (χ1n) is 4.83. The second-order valence-corrected chi connectivity index (χ2v) is 5.26. The summed E-state index contributed by atoms with van der Waals surface area (Å²) in [6.45, 7) is 5.75. The molecule has 4 heteroatoms. The van der Waals surface area contributed by atoms with Gasteiger partial charge in [0, 0.05) is 6.92 Å². The maximum absolute atomic E-state index is 11.2. The number of aliphatic hydroxyl groups is 1. The first kappa shape index (κ1) is 12.3. The first-order chi connectivity index (χ1) is 6.99. The Labute approximate surface area is 91.0 Å². The first-order valence-corrected chi connectivity index (χ1v) is 6.08. The Morgan fingerprint density at radius 1 is 1.33 bits per heavy atom. The number of hydrogen-bond donors (Lipinski definition) is 1. The van der Waals surface area contributed by atoms with Crippen molar-refractivity contribution in [3.63, 3.8) is 0 Å². The van der Waals surface area contributed by atoms with Crippen molar-refractivity contribution in [2.75, 3.05) is 0 Å². The Kier molecular flexibility index (Phi) is 4.40. The second-order valence-electron chi connectivity index (χ2n) is 3.69. The molecule has 0 saturated heterocycles. The fourth-order valence-corrected chi connectivity index (χ4v) is 1.89. The van der Waals surface area contributed by atoms with Gasteiger partial charge in [-0.3, -0.25) is 0 Å². The average molecular weight is 227 g/mol. The van der Waals surface area contributed by atoms with E-state index in [0.717, 1.165) is 16.7 Å². The normalized spacial score (nSPS) is 13.7. The van der Waals surface area contributed by atoms with Crippen LogP contribution in [0.3, 0.4) is 0 Å². The summed E-state index contributed by atoms with van der Waals surface area (Å²) in [4.78, 5) is 0. The highest BCUT2D eigenvalue weighted by Gasteiger charge is 2.25. The molecule has 2 unspecified atom stereocenters. The summed E-state index contributed by atoms with van der Waals surface area (Å²) in [6.07, 6.45) is 0. The third-order valence-corrected chi connectivity index (χ3v) is 2.94. The van der Waals surface area contributed by atoms with Crippen LogP contribution in [0.5, 0.6) is 0 Å². The van der Waals surface area contributed by atoms with E-state index in [-0.39, 0.29) is 6.61 Å². The van der Waals surface area contributed by atoms with Gasteiger partial charge >= 0.3 is 8.03 Å². The summed E-state index contributed by atoms with van der Waals surface area (Å²) in [5.41, 5.74) is 3.29. The second kappa shape index (κ2) is 5.36. The lowest BCUT2D eigenvalue weighted by Gasteiger charge is -2.01. The van der Waals surface area contributed by atoms with Crippen molar-refractivity contribution in [3.8, 4) is 0 Å². The zero-order valence-corrected chi connectivity index (χ0v) is 10.1. The van der Waals surface area contributed by atoms with E-state index in [1.54, 1.807) is 0 Å². The van der Waals surface area contributed by atoms with Crippen molar-refractivity contribution in [3.05, 3.63) is 34.9 Å². The number of benzene rings is 1. The smallest absolute Gasteiger partial charge is 0.349 e. The Hall–Kier alpha value is -0.760. The van der Waals surface area contributed by atoms with Crippen LogP contribution in [0, 0.1) is 13.8 Å². The lowest BCUT2D eigenvalue weighted by Crippen LogP contribution is -1.96. The van der Waals surface area contributed by atoms with E-state index >= 15 is 0 Å². The van der Waals surface area contributed by atoms with Crippen LogP contribution < -0.4 is 0 Å². The molecule has 3 nitrogen and oxygen atoms in total. The predicted molar refractivity (Wildman–Crippen MR) is 60.0 cm³/mol. The van der Waals surface area contributed by atoms with Gasteiger partial charge in [-0.05, 0) is 24.0 Å². The number of aliphatic hydroxyl groups excluding tert-OH is 1. The molecule has 0 heterocycles. The van der Waals surface area contributed by atoms with Crippen LogP contribution in [0.25, 0.3) is 0 Å². The molecule has 1 N–H and O–H groups in total. The van der Waals surface area contributed by atoms with E-state index in [1.807, 2.05) is 26.0 Å². The Morgan fingerprint density at radius 2 is 1.87 bits per heavy atom. The lowest BCUT2D eigenvalue weighted by molar-refractivity contribution is 0.228. The van der Waals surface area contributed by atoms with Crippen molar-refractivity contribution < 1.29 is 14.2 Å². The Balaban J connectivity index is 2.61. The summed E-state index contributed by atoms with van der Waals surface area (Å²) >= 11 is 0. The monoisotopic (exact) mass is 227 g/mol. The molecule has 0 saturated carbocycles. The van der Waals surface area contributed by atoms with E-state index in [0.29, 0.717) is 0 Å². The van der Waals surface area contributed by atoms with Gasteiger partial charge in [-0.25, -0.2) is 0 Å². The van der Waals surface area contributed by atoms with Crippen LogP contribution in [0.1, 0.15) is 23.6 Å². The number of hydrogen-bond acceptors (Lipinski definition) is 3. The van der Waals surface area contributed by atoms with Gasteiger partial charge in [-0.2, -0.15) is 0 Å². The minimum absolute atomic E-state index is 0.280. The summed E-state index contributed by atoms with van der Waals surface area (Å²) in [7, 11) is -1.98. The molecule has 1 aromatic carbocycles. The molecule has 0 aliphatic rings. The van der Waals surface area contributed by atoms with E-state index < -0.39 is 13.9 Å². The topological polar surface area (TPSA) is 46.5 Å². The molecule has 0 aromatic heterocycles. The Morgan fingerprint density at radius 3 is 2.33 bits per heavy atom. The van der Waals surface area contributed by atoms with Crippen molar-refractivity contribution in [1.29, 1.82) is 0 Å². The van der Waals surface area contributed by atoms with Gasteiger partial charge < -0.3 is 5.11 Å². The minimum Gasteiger partial charge on any atom is -0.349 e. The largest absolute Gasteiger partial charge is 0.540 e. The summed E-state index contributed by atoms with van der Waals surface area (Å²) in [5.74, 6) is -0.911. The molecule has 1 rings (SSSR count). The molecular weight excluding hydrogens is 211 g/mol. The molecule has 0 amide bonds. The van der Waals surface area contributed by atoms with Crippen molar-refractivity contribution >= 4 is 8.03 Å². The van der Waals surface area contributed by atoms with Gasteiger partial charge in [0.15, 0.2) is 0 Å². The van der Waals surface area contributed by atoms with Gasteiger partial charge in [0.1, 0.15) is 6.61 Å². The van der Waals surface area contributed by atoms with Crippen LogP contribution in [-0.2, 0) is 15.7 Å². The standard InChI is InChI=1S/C11H16O3P/c1-8-4-9(2)6-11(5-8)7-14-15(13)10(3)12/h4-6,10,12H,7H2,1-3H3/q+1. The summed E-state index contributed by atoms with van der Waals surface area (Å²) in [5, 5.41) is 9.00. The SMILES string of the molecule is Cc1cc(C)cc(CO[P+](=O)C(C)O)c1. The molecule has 0 aliphatic heterocycles. The molecule has 15 heavy (non-hydrogen) atoms. The van der Waals surface area contributed by atoms with Crippen LogP contribution in [0.4, 0.5) is 0 Å². The molecule has 0 bridgehead atoms. The molecule has 2 atom stereocenters. The minimum atomic E-state index is -1.98. The van der Waals surface area contributed by atoms with Crippen LogP contribution in [-0.4, -0.2) is 11.0 Å². The van der Waals surface area contributed by atoms with Gasteiger partial charge in [-0.1, -0.05) is 29.3 Å². The fourth-order valence-electron chi connectivity index (χ4n) is 1.40. The van der Waals surface area contributed by atoms with E-state index in [2.05, 4.69) is 6.07 Å². The van der Waals surface area contributed by atoms with E-state index in [4.69, 9.17) is 9.63 Å². The third-order valence-electron chi connectivity index (χ3n) is 1.95. The average Bonchev–Trinajstić information content (AvgIpc) is 2.12. The zero-order chi connectivity index (χ0) is 11.4. The summed E-state index contributed by atoms with van der Waals surface area (Å²) in [6, 6.07) is 6.04. The highest BCUT2D eigenvalue weighted by Crippen LogP contribution is 2.28. The van der Waals surface area contributed by atoms with Gasteiger partial charge in [0.2, 0.25) is 0 Å². The molecular formula is C11H16O3P+. The molecule has 0 radical (unpaired) electrons. The maximum Gasteiger partial charge on any atom is 0.540 e. The number of rotatable bonds is 4. The molecule has 0 aliphatic carbocycles. The van der Waals surface area contributed by atoms with Crippen LogP contribution in [0.2, 0.25) is 0 Å². The Bertz CT molecular complexity index is 341. The third kappa shape index (κ3) is 4.08. The fraction of sp³-hybridized carbons (Fsp3) is 0.455. The van der Waals surface area contributed by atoms with Gasteiger partial charge in [0.25, 0.3) is 5.85 Å².